The summed E-state index contributed by atoms with van der Waals surface area (Å²) in [6, 6.07) is 5.78. The third kappa shape index (κ3) is 3.51. The molecule has 0 aliphatic rings. The van der Waals surface area contributed by atoms with Gasteiger partial charge in [0.25, 0.3) is 0 Å². The van der Waals surface area contributed by atoms with Crippen molar-refractivity contribution in [2.24, 2.45) is 0 Å². The molecule has 0 aliphatic heterocycles. The summed E-state index contributed by atoms with van der Waals surface area (Å²) < 4.78 is 4.90. The summed E-state index contributed by atoms with van der Waals surface area (Å²) in [5, 5.41) is 5.58. The molecular weight excluding hydrogens is 262 g/mol. The van der Waals surface area contributed by atoms with Crippen molar-refractivity contribution in [3.05, 3.63) is 41.2 Å². The second kappa shape index (κ2) is 6.29. The minimum absolute atomic E-state index is 0.0300. The standard InChI is InChI=1S/C13H15N3O2S/c1-3-18-12(17)11-8-19-13(16-11)15-9(2)10-6-4-5-7-14-10/h4-9H,3H2,1-2H3,(H,15,16). The average Bonchev–Trinajstić information content (AvgIpc) is 2.88. The molecule has 0 saturated carbocycles. The Morgan fingerprint density at radius 3 is 3.05 bits per heavy atom. The average molecular weight is 277 g/mol. The summed E-state index contributed by atoms with van der Waals surface area (Å²) in [6.45, 7) is 4.11. The molecule has 0 saturated heterocycles. The Morgan fingerprint density at radius 1 is 1.53 bits per heavy atom. The number of hydrogen-bond acceptors (Lipinski definition) is 6. The van der Waals surface area contributed by atoms with Gasteiger partial charge in [0, 0.05) is 11.6 Å². The zero-order valence-electron chi connectivity index (χ0n) is 10.8. The lowest BCUT2D eigenvalue weighted by Gasteiger charge is -2.11. The third-order valence-electron chi connectivity index (χ3n) is 2.46. The monoisotopic (exact) mass is 277 g/mol. The zero-order valence-corrected chi connectivity index (χ0v) is 11.6. The smallest absolute Gasteiger partial charge is 0.357 e. The normalized spacial score (nSPS) is 11.9. The number of aromatic nitrogens is 2. The van der Waals surface area contributed by atoms with Gasteiger partial charge in [-0.05, 0) is 26.0 Å². The highest BCUT2D eigenvalue weighted by Gasteiger charge is 2.13. The van der Waals surface area contributed by atoms with Crippen molar-refractivity contribution in [2.75, 3.05) is 11.9 Å². The number of pyridine rings is 1. The SMILES string of the molecule is CCOC(=O)c1csc(NC(C)c2ccccn2)n1. The molecule has 0 amide bonds. The number of nitrogens with one attached hydrogen (secondary N) is 1. The highest BCUT2D eigenvalue weighted by Crippen LogP contribution is 2.21. The second-order valence-corrected chi connectivity index (χ2v) is 4.74. The van der Waals surface area contributed by atoms with E-state index < -0.39 is 5.97 Å². The molecule has 1 N–H and O–H groups in total. The number of nitrogens with zero attached hydrogens (tertiary/aromatic N) is 2. The first-order valence-corrected chi connectivity index (χ1v) is 6.88. The summed E-state index contributed by atoms with van der Waals surface area (Å²) in [4.78, 5) is 20.0. The van der Waals surface area contributed by atoms with Crippen molar-refractivity contribution in [2.45, 2.75) is 19.9 Å². The third-order valence-corrected chi connectivity index (χ3v) is 3.23. The zero-order chi connectivity index (χ0) is 13.7. The Hall–Kier alpha value is -1.95. The maximum Gasteiger partial charge on any atom is 0.357 e. The van der Waals surface area contributed by atoms with Gasteiger partial charge in [0.2, 0.25) is 0 Å². The first-order chi connectivity index (χ1) is 9.20. The molecule has 5 nitrogen and oxygen atoms in total. The molecule has 100 valence electrons. The molecule has 2 aromatic rings. The van der Waals surface area contributed by atoms with Gasteiger partial charge in [-0.3, -0.25) is 4.98 Å². The predicted molar refractivity (Wildman–Crippen MR) is 74.3 cm³/mol. The van der Waals surface area contributed by atoms with Gasteiger partial charge in [0.15, 0.2) is 10.8 Å². The van der Waals surface area contributed by atoms with E-state index in [4.69, 9.17) is 4.74 Å². The molecule has 0 radical (unpaired) electrons. The maximum atomic E-state index is 11.5. The molecule has 19 heavy (non-hydrogen) atoms. The van der Waals surface area contributed by atoms with Gasteiger partial charge >= 0.3 is 5.97 Å². The van der Waals surface area contributed by atoms with Gasteiger partial charge in [-0.2, -0.15) is 0 Å². The van der Waals surface area contributed by atoms with Gasteiger partial charge in [-0.25, -0.2) is 9.78 Å². The van der Waals surface area contributed by atoms with Crippen LogP contribution in [-0.4, -0.2) is 22.5 Å². The number of ether oxygens (including phenoxy) is 1. The molecule has 0 spiro atoms. The number of carbonyl (C=O) groups excluding carboxylic acids is 1. The topological polar surface area (TPSA) is 64.1 Å². The van der Waals surface area contributed by atoms with Crippen LogP contribution in [0.1, 0.15) is 36.1 Å². The van der Waals surface area contributed by atoms with E-state index in [2.05, 4.69) is 15.3 Å². The van der Waals surface area contributed by atoms with Crippen LogP contribution in [0.4, 0.5) is 5.13 Å². The van der Waals surface area contributed by atoms with E-state index in [1.807, 2.05) is 25.1 Å². The van der Waals surface area contributed by atoms with Crippen molar-refractivity contribution in [3.8, 4) is 0 Å². The lowest BCUT2D eigenvalue weighted by atomic mass is 10.2. The molecule has 0 fully saturated rings. The minimum atomic E-state index is -0.391. The molecule has 2 heterocycles. The van der Waals surface area contributed by atoms with Crippen molar-refractivity contribution in [3.63, 3.8) is 0 Å². The van der Waals surface area contributed by atoms with Gasteiger partial charge in [0.05, 0.1) is 18.3 Å². The van der Waals surface area contributed by atoms with Crippen LogP contribution in [0.2, 0.25) is 0 Å². The van der Waals surface area contributed by atoms with Crippen LogP contribution in [0, 0.1) is 0 Å². The number of carbonyl (C=O) groups is 1. The van der Waals surface area contributed by atoms with E-state index in [0.29, 0.717) is 17.4 Å². The summed E-state index contributed by atoms with van der Waals surface area (Å²) >= 11 is 1.38. The van der Waals surface area contributed by atoms with Crippen LogP contribution in [0.5, 0.6) is 0 Å². The van der Waals surface area contributed by atoms with Crippen LogP contribution < -0.4 is 5.32 Å². The number of hydrogen-bond donors (Lipinski definition) is 1. The van der Waals surface area contributed by atoms with Crippen LogP contribution in [0.3, 0.4) is 0 Å². The summed E-state index contributed by atoms with van der Waals surface area (Å²) in [5.74, 6) is -0.391. The largest absolute Gasteiger partial charge is 0.461 e. The molecule has 6 heteroatoms. The molecule has 1 atom stereocenters. The molecule has 2 rings (SSSR count). The summed E-state index contributed by atoms with van der Waals surface area (Å²) in [7, 11) is 0. The van der Waals surface area contributed by atoms with Gasteiger partial charge in [-0.15, -0.1) is 11.3 Å². The Morgan fingerprint density at radius 2 is 2.37 bits per heavy atom. The quantitative estimate of drug-likeness (QED) is 0.851. The molecule has 0 aromatic carbocycles. The first-order valence-electron chi connectivity index (χ1n) is 6.00. The van der Waals surface area contributed by atoms with E-state index in [9.17, 15) is 4.79 Å². The van der Waals surface area contributed by atoms with Crippen LogP contribution >= 0.6 is 11.3 Å². The van der Waals surface area contributed by atoms with Crippen LogP contribution in [-0.2, 0) is 4.74 Å². The lowest BCUT2D eigenvalue weighted by Crippen LogP contribution is -2.09. The molecule has 1 unspecified atom stereocenters. The van der Waals surface area contributed by atoms with E-state index in [1.165, 1.54) is 11.3 Å². The second-order valence-electron chi connectivity index (χ2n) is 3.88. The van der Waals surface area contributed by atoms with Gasteiger partial charge in [0.1, 0.15) is 0 Å². The Balaban J connectivity index is 2.02. The van der Waals surface area contributed by atoms with Gasteiger partial charge in [-0.1, -0.05) is 6.07 Å². The highest BCUT2D eigenvalue weighted by atomic mass is 32.1. The fraction of sp³-hybridized carbons (Fsp3) is 0.308. The summed E-state index contributed by atoms with van der Waals surface area (Å²) in [6.07, 6.45) is 1.75. The van der Waals surface area contributed by atoms with E-state index in [0.717, 1.165) is 5.69 Å². The first kappa shape index (κ1) is 13.5. The van der Waals surface area contributed by atoms with Crippen LogP contribution in [0.25, 0.3) is 0 Å². The Kier molecular flexibility index (Phi) is 4.46. The van der Waals surface area contributed by atoms with Crippen molar-refractivity contribution < 1.29 is 9.53 Å². The predicted octanol–water partition coefficient (Wildman–Crippen LogP) is 2.89. The Labute approximate surface area is 115 Å². The number of rotatable bonds is 5. The minimum Gasteiger partial charge on any atom is -0.461 e. The lowest BCUT2D eigenvalue weighted by molar-refractivity contribution is 0.0520. The fourth-order valence-corrected chi connectivity index (χ4v) is 2.30. The highest BCUT2D eigenvalue weighted by molar-refractivity contribution is 7.13. The molecule has 0 aliphatic carbocycles. The van der Waals surface area contributed by atoms with Crippen molar-refractivity contribution in [1.29, 1.82) is 0 Å². The number of anilines is 1. The molecule has 0 bridgehead atoms. The fourth-order valence-electron chi connectivity index (χ4n) is 1.53. The molecule has 2 aromatic heterocycles. The van der Waals surface area contributed by atoms with Crippen molar-refractivity contribution in [1.82, 2.24) is 9.97 Å². The number of esters is 1. The number of thiazole rings is 1. The van der Waals surface area contributed by atoms with Crippen LogP contribution in [0.15, 0.2) is 29.8 Å². The van der Waals surface area contributed by atoms with E-state index >= 15 is 0 Å². The Bertz CT molecular complexity index is 542. The van der Waals surface area contributed by atoms with E-state index in [-0.39, 0.29) is 6.04 Å². The molecular formula is C13H15N3O2S. The maximum absolute atomic E-state index is 11.5. The van der Waals surface area contributed by atoms with E-state index in [1.54, 1.807) is 18.5 Å². The summed E-state index contributed by atoms with van der Waals surface area (Å²) in [5.41, 5.74) is 1.26. The van der Waals surface area contributed by atoms with Crippen molar-refractivity contribution >= 4 is 22.4 Å². The van der Waals surface area contributed by atoms with Gasteiger partial charge < -0.3 is 10.1 Å².